The Kier molecular flexibility index (Phi) is 4.77. The molecule has 1 aliphatic rings. The molecule has 0 unspecified atom stereocenters. The SMILES string of the molecule is Cn1c2c(c(=O)n1Cc1ccc(O)cc1)CN(Cc1cc(F)cc(F)c1)CC2. The highest BCUT2D eigenvalue weighted by Gasteiger charge is 2.25. The van der Waals surface area contributed by atoms with E-state index in [0.717, 1.165) is 22.9 Å². The highest BCUT2D eigenvalue weighted by atomic mass is 19.1. The van der Waals surface area contributed by atoms with E-state index in [9.17, 15) is 18.7 Å². The summed E-state index contributed by atoms with van der Waals surface area (Å²) in [7, 11) is 1.87. The molecule has 4 rings (SSSR count). The van der Waals surface area contributed by atoms with Crippen molar-refractivity contribution in [1.29, 1.82) is 0 Å². The fraction of sp³-hybridized carbons (Fsp3) is 0.286. The van der Waals surface area contributed by atoms with Crippen molar-refractivity contribution in [2.45, 2.75) is 26.1 Å². The molecule has 0 saturated heterocycles. The molecule has 1 aromatic heterocycles. The van der Waals surface area contributed by atoms with Gasteiger partial charge in [0.15, 0.2) is 0 Å². The van der Waals surface area contributed by atoms with E-state index in [1.165, 1.54) is 12.1 Å². The normalized spacial score (nSPS) is 14.2. The van der Waals surface area contributed by atoms with E-state index in [1.807, 2.05) is 16.6 Å². The Morgan fingerprint density at radius 2 is 1.68 bits per heavy atom. The summed E-state index contributed by atoms with van der Waals surface area (Å²) in [6.45, 7) is 1.96. The second-order valence-corrected chi connectivity index (χ2v) is 7.22. The maximum absolute atomic E-state index is 13.4. The van der Waals surface area contributed by atoms with Crippen molar-refractivity contribution >= 4 is 0 Å². The predicted octanol–water partition coefficient (Wildman–Crippen LogP) is 2.78. The number of fused-ring (bicyclic) bond motifs is 1. The topological polar surface area (TPSA) is 50.4 Å². The Balaban J connectivity index is 1.57. The van der Waals surface area contributed by atoms with Crippen LogP contribution in [0.4, 0.5) is 8.78 Å². The first kappa shape index (κ1) is 18.4. The van der Waals surface area contributed by atoms with Gasteiger partial charge in [0.25, 0.3) is 5.56 Å². The summed E-state index contributed by atoms with van der Waals surface area (Å²) in [5, 5.41) is 9.42. The smallest absolute Gasteiger partial charge is 0.271 e. The minimum absolute atomic E-state index is 0.0549. The van der Waals surface area contributed by atoms with Gasteiger partial charge in [-0.25, -0.2) is 13.5 Å². The summed E-state index contributed by atoms with van der Waals surface area (Å²) in [6.07, 6.45) is 0.696. The first-order valence-corrected chi connectivity index (χ1v) is 9.13. The summed E-state index contributed by atoms with van der Waals surface area (Å²) in [5.41, 5.74) is 3.14. The molecule has 0 amide bonds. The minimum Gasteiger partial charge on any atom is -0.508 e. The molecule has 0 aliphatic carbocycles. The summed E-state index contributed by atoms with van der Waals surface area (Å²) in [6, 6.07) is 10.3. The van der Waals surface area contributed by atoms with Crippen LogP contribution in [0, 0.1) is 11.6 Å². The fourth-order valence-corrected chi connectivity index (χ4v) is 3.84. The number of benzene rings is 2. The lowest BCUT2D eigenvalue weighted by atomic mass is 10.1. The summed E-state index contributed by atoms with van der Waals surface area (Å²) >= 11 is 0. The zero-order valence-corrected chi connectivity index (χ0v) is 15.5. The first-order chi connectivity index (χ1) is 13.4. The Morgan fingerprint density at radius 3 is 2.36 bits per heavy atom. The average Bonchev–Trinajstić information content (AvgIpc) is 2.87. The molecule has 1 aliphatic heterocycles. The lowest BCUT2D eigenvalue weighted by molar-refractivity contribution is 0.241. The van der Waals surface area contributed by atoms with Gasteiger partial charge >= 0.3 is 0 Å². The van der Waals surface area contributed by atoms with Gasteiger partial charge in [-0.05, 0) is 35.4 Å². The molecule has 28 heavy (non-hydrogen) atoms. The van der Waals surface area contributed by atoms with Crippen LogP contribution in [0.25, 0.3) is 0 Å². The van der Waals surface area contributed by atoms with Gasteiger partial charge in [-0.3, -0.25) is 14.4 Å². The van der Waals surface area contributed by atoms with Crippen LogP contribution in [-0.4, -0.2) is 25.9 Å². The first-order valence-electron chi connectivity index (χ1n) is 9.13. The number of hydrogen-bond donors (Lipinski definition) is 1. The second kappa shape index (κ2) is 7.24. The molecule has 1 N–H and O–H groups in total. The van der Waals surface area contributed by atoms with Crippen molar-refractivity contribution in [2.75, 3.05) is 6.54 Å². The van der Waals surface area contributed by atoms with E-state index in [0.29, 0.717) is 38.2 Å². The Labute approximate surface area is 161 Å². The molecular formula is C21H21F2N3O2. The molecule has 2 heterocycles. The zero-order chi connectivity index (χ0) is 19.8. The molecule has 7 heteroatoms. The molecule has 0 radical (unpaired) electrons. The van der Waals surface area contributed by atoms with Crippen LogP contribution >= 0.6 is 0 Å². The lowest BCUT2D eigenvalue weighted by Crippen LogP contribution is -2.32. The maximum Gasteiger partial charge on any atom is 0.271 e. The molecule has 146 valence electrons. The van der Waals surface area contributed by atoms with Crippen molar-refractivity contribution < 1.29 is 13.9 Å². The number of aromatic nitrogens is 2. The molecule has 0 bridgehead atoms. The Bertz CT molecular complexity index is 1050. The molecule has 0 saturated carbocycles. The van der Waals surface area contributed by atoms with Gasteiger partial charge in [0.2, 0.25) is 0 Å². The number of phenolic OH excluding ortho intramolecular Hbond substituents is 1. The monoisotopic (exact) mass is 385 g/mol. The lowest BCUT2D eigenvalue weighted by Gasteiger charge is -2.26. The van der Waals surface area contributed by atoms with Crippen LogP contribution in [0.5, 0.6) is 5.75 Å². The van der Waals surface area contributed by atoms with E-state index < -0.39 is 11.6 Å². The second-order valence-electron chi connectivity index (χ2n) is 7.22. The molecular weight excluding hydrogens is 364 g/mol. The number of hydrogen-bond acceptors (Lipinski definition) is 3. The van der Waals surface area contributed by atoms with Crippen LogP contribution in [0.2, 0.25) is 0 Å². The zero-order valence-electron chi connectivity index (χ0n) is 15.5. The van der Waals surface area contributed by atoms with Gasteiger partial charge in [-0.2, -0.15) is 0 Å². The van der Waals surface area contributed by atoms with Crippen LogP contribution in [0.1, 0.15) is 22.4 Å². The molecule has 2 aromatic carbocycles. The standard InChI is InChI=1S/C21H21F2N3O2/c1-24-20-6-7-25(11-15-8-16(22)10-17(23)9-15)13-19(20)21(28)26(24)12-14-2-4-18(27)5-3-14/h2-5,8-10,27H,6-7,11-13H2,1H3. The van der Waals surface area contributed by atoms with Crippen LogP contribution in [-0.2, 0) is 33.1 Å². The van der Waals surface area contributed by atoms with Crippen molar-refractivity contribution in [2.24, 2.45) is 7.05 Å². The third kappa shape index (κ3) is 3.57. The number of phenols is 1. The maximum atomic E-state index is 13.4. The molecule has 0 atom stereocenters. The van der Waals surface area contributed by atoms with Crippen molar-refractivity contribution in [3.8, 4) is 5.75 Å². The summed E-state index contributed by atoms with van der Waals surface area (Å²) in [5.74, 6) is -1.00. The van der Waals surface area contributed by atoms with E-state index in [-0.39, 0.29) is 11.3 Å². The Hall–Kier alpha value is -2.93. The predicted molar refractivity (Wildman–Crippen MR) is 101 cm³/mol. The highest BCUT2D eigenvalue weighted by Crippen LogP contribution is 2.20. The summed E-state index contributed by atoms with van der Waals surface area (Å²) in [4.78, 5) is 15.0. The summed E-state index contributed by atoms with van der Waals surface area (Å²) < 4.78 is 30.5. The van der Waals surface area contributed by atoms with Crippen LogP contribution in [0.15, 0.2) is 47.3 Å². The van der Waals surface area contributed by atoms with Gasteiger partial charge < -0.3 is 5.11 Å². The van der Waals surface area contributed by atoms with Crippen LogP contribution < -0.4 is 5.56 Å². The van der Waals surface area contributed by atoms with Gasteiger partial charge in [0.05, 0.1) is 12.1 Å². The number of nitrogens with zero attached hydrogens (tertiary/aromatic N) is 3. The number of halogens is 2. The van der Waals surface area contributed by atoms with Gasteiger partial charge in [-0.15, -0.1) is 0 Å². The largest absolute Gasteiger partial charge is 0.508 e. The molecule has 0 spiro atoms. The minimum atomic E-state index is -0.594. The molecule has 0 fully saturated rings. The Morgan fingerprint density at radius 1 is 1.00 bits per heavy atom. The highest BCUT2D eigenvalue weighted by molar-refractivity contribution is 5.27. The third-order valence-electron chi connectivity index (χ3n) is 5.24. The quantitative estimate of drug-likeness (QED) is 0.751. The van der Waals surface area contributed by atoms with Crippen molar-refractivity contribution in [1.82, 2.24) is 14.3 Å². The molecule has 5 nitrogen and oxygen atoms in total. The van der Waals surface area contributed by atoms with Gasteiger partial charge in [0, 0.05) is 44.9 Å². The van der Waals surface area contributed by atoms with E-state index in [2.05, 4.69) is 0 Å². The van der Waals surface area contributed by atoms with E-state index in [4.69, 9.17) is 0 Å². The van der Waals surface area contributed by atoms with Gasteiger partial charge in [-0.1, -0.05) is 12.1 Å². The average molecular weight is 385 g/mol. The van der Waals surface area contributed by atoms with E-state index >= 15 is 0 Å². The number of aromatic hydroxyl groups is 1. The van der Waals surface area contributed by atoms with Gasteiger partial charge in [0.1, 0.15) is 17.4 Å². The van der Waals surface area contributed by atoms with Crippen LogP contribution in [0.3, 0.4) is 0 Å². The van der Waals surface area contributed by atoms with Crippen molar-refractivity contribution in [3.63, 3.8) is 0 Å². The third-order valence-corrected chi connectivity index (χ3v) is 5.24. The van der Waals surface area contributed by atoms with E-state index in [1.54, 1.807) is 28.9 Å². The number of rotatable bonds is 4. The van der Waals surface area contributed by atoms with Crippen molar-refractivity contribution in [3.05, 3.63) is 86.8 Å². The molecule has 3 aromatic rings. The fourth-order valence-electron chi connectivity index (χ4n) is 3.84.